The smallest absolute Gasteiger partial charge is 0.264 e. The van der Waals surface area contributed by atoms with Gasteiger partial charge in [-0.05, 0) is 24.3 Å². The molecule has 0 fully saturated rings. The van der Waals surface area contributed by atoms with E-state index in [1.807, 2.05) is 6.07 Å². The number of nitrogens with zero attached hydrogens (tertiary/aromatic N) is 2. The first kappa shape index (κ1) is 18.1. The Morgan fingerprint density at radius 3 is 2.56 bits per heavy atom. The number of halogens is 2. The van der Waals surface area contributed by atoms with Gasteiger partial charge in [-0.2, -0.15) is 5.10 Å². The van der Waals surface area contributed by atoms with Gasteiger partial charge in [0.2, 0.25) is 0 Å². The normalized spacial score (nSPS) is 11.8. The van der Waals surface area contributed by atoms with Crippen LogP contribution in [0.1, 0.15) is 0 Å². The maximum atomic E-state index is 12.5. The molecule has 0 saturated carbocycles. The number of rotatable bonds is 4. The van der Waals surface area contributed by atoms with Gasteiger partial charge in [0.1, 0.15) is 9.23 Å². The summed E-state index contributed by atoms with van der Waals surface area (Å²) in [5.74, 6) is 0.390. The van der Waals surface area contributed by atoms with Crippen molar-refractivity contribution in [1.29, 1.82) is 0 Å². The number of fused-ring (bicyclic) bond motifs is 1. The summed E-state index contributed by atoms with van der Waals surface area (Å²) in [6.45, 7) is 0. The number of aromatic nitrogens is 3. The van der Waals surface area contributed by atoms with Crippen molar-refractivity contribution >= 4 is 67.0 Å². The lowest BCUT2D eigenvalue weighted by Gasteiger charge is -2.08. The van der Waals surface area contributed by atoms with E-state index in [-0.39, 0.29) is 9.23 Å². The van der Waals surface area contributed by atoms with Gasteiger partial charge in [0.15, 0.2) is 5.82 Å². The number of nitrogens with one attached hydrogen (secondary N) is 2. The highest BCUT2D eigenvalue weighted by atomic mass is 35.5. The van der Waals surface area contributed by atoms with E-state index in [2.05, 4.69) is 19.9 Å². The quantitative estimate of drug-likeness (QED) is 0.436. The average Bonchev–Trinajstić information content (AvgIpc) is 3.17. The molecule has 3 heterocycles. The predicted octanol–water partition coefficient (Wildman–Crippen LogP) is 4.38. The Bertz CT molecular complexity index is 1250. The second kappa shape index (κ2) is 6.68. The third-order valence-electron chi connectivity index (χ3n) is 3.82. The molecule has 3 aromatic heterocycles. The second-order valence-corrected chi connectivity index (χ2v) is 9.53. The van der Waals surface area contributed by atoms with Gasteiger partial charge in [0.25, 0.3) is 10.0 Å². The molecule has 0 aliphatic heterocycles. The Morgan fingerprint density at radius 1 is 1.15 bits per heavy atom. The fourth-order valence-corrected chi connectivity index (χ4v) is 5.73. The Labute approximate surface area is 168 Å². The predicted molar refractivity (Wildman–Crippen MR) is 109 cm³/mol. The van der Waals surface area contributed by atoms with Crippen molar-refractivity contribution in [3.8, 4) is 11.3 Å². The molecule has 7 nitrogen and oxygen atoms in total. The lowest BCUT2D eigenvalue weighted by atomic mass is 10.1. The lowest BCUT2D eigenvalue weighted by molar-refractivity contribution is 0.601. The van der Waals surface area contributed by atoms with Crippen molar-refractivity contribution in [2.75, 3.05) is 10.5 Å². The van der Waals surface area contributed by atoms with E-state index < -0.39 is 10.0 Å². The highest BCUT2D eigenvalue weighted by Gasteiger charge is 2.21. The van der Waals surface area contributed by atoms with Gasteiger partial charge in [-0.1, -0.05) is 35.3 Å². The summed E-state index contributed by atoms with van der Waals surface area (Å²) >= 11 is 12.8. The van der Waals surface area contributed by atoms with Crippen LogP contribution in [0.5, 0.6) is 0 Å². The molecule has 0 aliphatic carbocycles. The van der Waals surface area contributed by atoms with Crippen LogP contribution < -0.4 is 10.5 Å². The number of nitrogen functional groups attached to an aromatic ring is 1. The molecule has 0 bridgehead atoms. The number of hydrogen-bond donors (Lipinski definition) is 3. The number of pyridine rings is 1. The van der Waals surface area contributed by atoms with Crippen molar-refractivity contribution in [1.82, 2.24) is 15.2 Å². The number of H-pyrrole nitrogens is 1. The van der Waals surface area contributed by atoms with E-state index in [9.17, 15) is 8.42 Å². The maximum absolute atomic E-state index is 12.5. The maximum Gasteiger partial charge on any atom is 0.264 e. The zero-order valence-corrected chi connectivity index (χ0v) is 16.5. The van der Waals surface area contributed by atoms with Gasteiger partial charge in [0, 0.05) is 17.4 Å². The first-order valence-electron chi connectivity index (χ1n) is 7.51. The van der Waals surface area contributed by atoms with Crippen molar-refractivity contribution < 1.29 is 8.42 Å². The van der Waals surface area contributed by atoms with E-state index in [1.165, 1.54) is 6.07 Å². The summed E-state index contributed by atoms with van der Waals surface area (Å²) in [7, 11) is -3.83. The number of anilines is 2. The van der Waals surface area contributed by atoms with E-state index in [1.54, 1.807) is 30.5 Å². The zero-order chi connectivity index (χ0) is 19.2. The summed E-state index contributed by atoms with van der Waals surface area (Å²) < 4.78 is 27.8. The highest BCUT2D eigenvalue weighted by Crippen LogP contribution is 2.35. The van der Waals surface area contributed by atoms with E-state index >= 15 is 0 Å². The topological polar surface area (TPSA) is 114 Å². The molecule has 0 atom stereocenters. The molecule has 0 aliphatic rings. The highest BCUT2D eigenvalue weighted by molar-refractivity contribution is 7.93. The van der Waals surface area contributed by atoms with E-state index in [4.69, 9.17) is 28.9 Å². The molecule has 4 aromatic rings. The van der Waals surface area contributed by atoms with Crippen LogP contribution in [0.25, 0.3) is 22.2 Å². The molecule has 4 rings (SSSR count). The summed E-state index contributed by atoms with van der Waals surface area (Å²) in [4.78, 5) is 4.32. The molecular formula is C16H11Cl2N5O2S2. The zero-order valence-electron chi connectivity index (χ0n) is 13.4. The standard InChI is InChI=1S/C16H11Cl2N5O2S2/c17-14-6-13(15(18)26-14)27(24,25)23-9-3-1-8(2-4-9)11-5-12-10(7-20-11)16(19)22-21-12/h1-7,23H,(H3,19,21,22). The largest absolute Gasteiger partial charge is 0.382 e. The number of benzene rings is 1. The van der Waals surface area contributed by atoms with Crippen LogP contribution in [0.4, 0.5) is 11.5 Å². The molecule has 0 unspecified atom stereocenters. The van der Waals surface area contributed by atoms with E-state index in [0.29, 0.717) is 21.5 Å². The third kappa shape index (κ3) is 3.46. The fourth-order valence-electron chi connectivity index (χ4n) is 2.52. The minimum Gasteiger partial charge on any atom is -0.382 e. The minimum absolute atomic E-state index is 0.0489. The van der Waals surface area contributed by atoms with Crippen molar-refractivity contribution in [3.05, 3.63) is 51.3 Å². The van der Waals surface area contributed by atoms with Gasteiger partial charge in [-0.25, -0.2) is 8.42 Å². The molecule has 0 saturated heterocycles. The lowest BCUT2D eigenvalue weighted by Crippen LogP contribution is -2.12. The van der Waals surface area contributed by atoms with Crippen LogP contribution in [0.2, 0.25) is 8.67 Å². The second-order valence-electron chi connectivity index (χ2n) is 5.60. The minimum atomic E-state index is -3.83. The van der Waals surface area contributed by atoms with Gasteiger partial charge in [-0.3, -0.25) is 14.8 Å². The van der Waals surface area contributed by atoms with Crippen LogP contribution in [0.3, 0.4) is 0 Å². The first-order chi connectivity index (χ1) is 12.8. The molecule has 0 radical (unpaired) electrons. The van der Waals surface area contributed by atoms with Crippen molar-refractivity contribution in [2.45, 2.75) is 4.90 Å². The first-order valence-corrected chi connectivity index (χ1v) is 10.6. The average molecular weight is 440 g/mol. The van der Waals surface area contributed by atoms with Gasteiger partial charge >= 0.3 is 0 Å². The Hall–Kier alpha value is -2.33. The fraction of sp³-hybridized carbons (Fsp3) is 0. The molecule has 4 N–H and O–H groups in total. The molecule has 27 heavy (non-hydrogen) atoms. The van der Waals surface area contributed by atoms with Gasteiger partial charge in [0.05, 0.1) is 20.9 Å². The van der Waals surface area contributed by atoms with Gasteiger partial charge < -0.3 is 5.73 Å². The van der Waals surface area contributed by atoms with Crippen LogP contribution in [0.15, 0.2) is 47.5 Å². The van der Waals surface area contributed by atoms with Crippen LogP contribution in [-0.4, -0.2) is 23.6 Å². The molecule has 0 spiro atoms. The molecule has 1 aromatic carbocycles. The summed E-state index contributed by atoms with van der Waals surface area (Å²) in [5, 5.41) is 7.52. The molecule has 0 amide bonds. The number of sulfonamides is 1. The number of hydrogen-bond acceptors (Lipinski definition) is 6. The molecule has 138 valence electrons. The summed E-state index contributed by atoms with van der Waals surface area (Å²) in [6.07, 6.45) is 1.64. The molecule has 11 heteroatoms. The van der Waals surface area contributed by atoms with Crippen LogP contribution in [-0.2, 0) is 10.0 Å². The number of nitrogens with two attached hydrogens (primary N) is 1. The SMILES string of the molecule is Nc1n[nH]c2cc(-c3ccc(NS(=O)(=O)c4cc(Cl)sc4Cl)cc3)ncc12. The van der Waals surface area contributed by atoms with Gasteiger partial charge in [-0.15, -0.1) is 11.3 Å². The van der Waals surface area contributed by atoms with Crippen molar-refractivity contribution in [3.63, 3.8) is 0 Å². The van der Waals surface area contributed by atoms with Crippen LogP contribution in [0, 0.1) is 0 Å². The Morgan fingerprint density at radius 2 is 1.89 bits per heavy atom. The summed E-state index contributed by atoms with van der Waals surface area (Å²) in [6, 6.07) is 9.94. The number of thiophene rings is 1. The Balaban J connectivity index is 1.60. The third-order valence-corrected chi connectivity index (χ3v) is 6.96. The number of aromatic amines is 1. The van der Waals surface area contributed by atoms with Crippen molar-refractivity contribution in [2.24, 2.45) is 0 Å². The van der Waals surface area contributed by atoms with Crippen LogP contribution >= 0.6 is 34.5 Å². The Kier molecular flexibility index (Phi) is 4.47. The molecular weight excluding hydrogens is 429 g/mol. The monoisotopic (exact) mass is 439 g/mol. The summed E-state index contributed by atoms with van der Waals surface area (Å²) in [5.41, 5.74) is 8.41. The van der Waals surface area contributed by atoms with E-state index in [0.717, 1.165) is 27.8 Å².